The van der Waals surface area contributed by atoms with Crippen molar-refractivity contribution < 1.29 is 14.0 Å². The topological polar surface area (TPSA) is 107 Å². The number of carbonyl (C=O) groups is 2. The predicted octanol–water partition coefficient (Wildman–Crippen LogP) is 1.91. The van der Waals surface area contributed by atoms with Crippen molar-refractivity contribution in [3.63, 3.8) is 0 Å². The lowest BCUT2D eigenvalue weighted by molar-refractivity contribution is -0.115. The molecule has 2 fully saturated rings. The molecule has 4 rings (SSSR count). The van der Waals surface area contributed by atoms with Crippen LogP contribution in [0.5, 0.6) is 0 Å². The molecule has 3 aliphatic rings. The van der Waals surface area contributed by atoms with Gasteiger partial charge in [-0.05, 0) is 38.0 Å². The molecular formula is C20H19FN6O2. The van der Waals surface area contributed by atoms with Gasteiger partial charge in [0.2, 0.25) is 0 Å². The van der Waals surface area contributed by atoms with E-state index in [-0.39, 0.29) is 11.5 Å². The summed E-state index contributed by atoms with van der Waals surface area (Å²) in [7, 11) is 0. The molecule has 0 bridgehead atoms. The quantitative estimate of drug-likeness (QED) is 0.307. The first-order chi connectivity index (χ1) is 14.0. The number of hydrogen-bond acceptors (Lipinski definition) is 5. The average molecular weight is 394 g/mol. The van der Waals surface area contributed by atoms with E-state index in [1.54, 1.807) is 18.2 Å². The molecule has 1 saturated heterocycles. The van der Waals surface area contributed by atoms with E-state index in [1.807, 2.05) is 6.92 Å². The van der Waals surface area contributed by atoms with E-state index in [4.69, 9.17) is 0 Å². The fourth-order valence-electron chi connectivity index (χ4n) is 2.87. The van der Waals surface area contributed by atoms with Gasteiger partial charge in [-0.2, -0.15) is 0 Å². The molecule has 9 heteroatoms. The molecule has 0 radical (unpaired) electrons. The molecular weight excluding hydrogens is 375 g/mol. The summed E-state index contributed by atoms with van der Waals surface area (Å²) >= 11 is 0. The number of amides is 3. The predicted molar refractivity (Wildman–Crippen MR) is 108 cm³/mol. The Balaban J connectivity index is 1.60. The highest BCUT2D eigenvalue weighted by molar-refractivity contribution is 6.39. The van der Waals surface area contributed by atoms with E-state index in [0.29, 0.717) is 28.8 Å². The van der Waals surface area contributed by atoms with Crippen molar-refractivity contribution in [1.82, 2.24) is 16.0 Å². The number of nitrogens with zero attached hydrogens (tertiary/aromatic N) is 3. The Hall–Kier alpha value is -3.62. The number of rotatable bonds is 5. The minimum atomic E-state index is -0.605. The van der Waals surface area contributed by atoms with Crippen LogP contribution >= 0.6 is 0 Å². The number of amidine groups is 1. The minimum absolute atomic E-state index is 0.114. The van der Waals surface area contributed by atoms with Crippen LogP contribution in [0.15, 0.2) is 57.1 Å². The van der Waals surface area contributed by atoms with Crippen molar-refractivity contribution in [2.45, 2.75) is 32.0 Å². The van der Waals surface area contributed by atoms with Gasteiger partial charge in [0.25, 0.3) is 5.91 Å². The SMILES string of the molecule is C/C=C(\N=C(\NC1CC1)C1N=CC(/C=C2\NC(=O)NC2=O)=N1)c1cccc(F)c1. The van der Waals surface area contributed by atoms with Gasteiger partial charge in [0, 0.05) is 17.8 Å². The first-order valence-electron chi connectivity index (χ1n) is 9.24. The van der Waals surface area contributed by atoms with Crippen LogP contribution in [0.1, 0.15) is 25.3 Å². The maximum Gasteiger partial charge on any atom is 0.326 e. The number of halogens is 1. The maximum absolute atomic E-state index is 13.6. The van der Waals surface area contributed by atoms with E-state index >= 15 is 0 Å². The molecule has 1 aromatic rings. The van der Waals surface area contributed by atoms with Gasteiger partial charge in [-0.25, -0.2) is 19.2 Å². The summed E-state index contributed by atoms with van der Waals surface area (Å²) in [6, 6.07) is 5.97. The average Bonchev–Trinajstić information content (AvgIpc) is 3.29. The third kappa shape index (κ3) is 4.45. The van der Waals surface area contributed by atoms with Crippen LogP contribution < -0.4 is 16.0 Å². The first-order valence-corrected chi connectivity index (χ1v) is 9.24. The fraction of sp³-hybridized carbons (Fsp3) is 0.250. The zero-order chi connectivity index (χ0) is 20.4. The molecule has 1 aromatic carbocycles. The number of allylic oxidation sites excluding steroid dienone is 2. The van der Waals surface area contributed by atoms with Crippen LogP contribution in [-0.4, -0.2) is 41.9 Å². The third-order valence-electron chi connectivity index (χ3n) is 4.44. The Bertz CT molecular complexity index is 1020. The number of nitrogens with one attached hydrogen (secondary N) is 3. The number of carbonyl (C=O) groups excluding carboxylic acids is 2. The van der Waals surface area contributed by atoms with Gasteiger partial charge in [-0.15, -0.1) is 0 Å². The summed E-state index contributed by atoms with van der Waals surface area (Å²) in [5.74, 6) is -0.298. The van der Waals surface area contributed by atoms with E-state index < -0.39 is 18.1 Å². The van der Waals surface area contributed by atoms with Crippen LogP contribution in [0.25, 0.3) is 5.70 Å². The highest BCUT2D eigenvalue weighted by Gasteiger charge is 2.28. The van der Waals surface area contributed by atoms with Crippen molar-refractivity contribution in [3.8, 4) is 0 Å². The molecule has 1 aliphatic carbocycles. The lowest BCUT2D eigenvalue weighted by Crippen LogP contribution is -2.33. The lowest BCUT2D eigenvalue weighted by atomic mass is 10.1. The van der Waals surface area contributed by atoms with E-state index in [1.165, 1.54) is 24.4 Å². The van der Waals surface area contributed by atoms with E-state index in [2.05, 4.69) is 30.9 Å². The second-order valence-corrected chi connectivity index (χ2v) is 6.77. The van der Waals surface area contributed by atoms with Gasteiger partial charge in [-0.1, -0.05) is 18.2 Å². The summed E-state index contributed by atoms with van der Waals surface area (Å²) in [5.41, 5.74) is 1.82. The maximum atomic E-state index is 13.6. The molecule has 29 heavy (non-hydrogen) atoms. The Labute approximate surface area is 166 Å². The largest absolute Gasteiger partial charge is 0.367 e. The summed E-state index contributed by atoms with van der Waals surface area (Å²) in [4.78, 5) is 36.4. The highest BCUT2D eigenvalue weighted by Crippen LogP contribution is 2.22. The minimum Gasteiger partial charge on any atom is -0.367 e. The van der Waals surface area contributed by atoms with Gasteiger partial charge in [-0.3, -0.25) is 15.1 Å². The van der Waals surface area contributed by atoms with E-state index in [9.17, 15) is 14.0 Å². The number of hydrogen-bond donors (Lipinski definition) is 3. The number of urea groups is 1. The summed E-state index contributed by atoms with van der Waals surface area (Å²) < 4.78 is 13.6. The number of imide groups is 1. The van der Waals surface area contributed by atoms with Crippen LogP contribution in [0.3, 0.4) is 0 Å². The standard InChI is InChI=1S/C20H19FN6O2/c1-2-15(11-4-3-5-12(21)8-11)25-18(23-13-6-7-13)17-22-10-14(24-17)9-16-19(28)27-20(29)26-16/h2-5,8-10,13,17H,6-7H2,1H3,(H,23,25)(H2,26,27,28,29)/b15-2-,16-9-. The van der Waals surface area contributed by atoms with Gasteiger partial charge in [0.15, 0.2) is 6.17 Å². The summed E-state index contributed by atoms with van der Waals surface area (Å²) in [6.07, 6.45) is 6.25. The molecule has 1 unspecified atom stereocenters. The van der Waals surface area contributed by atoms with Crippen molar-refractivity contribution in [3.05, 3.63) is 53.5 Å². The second kappa shape index (κ2) is 7.78. The Kier molecular flexibility index (Phi) is 5.03. The highest BCUT2D eigenvalue weighted by atomic mass is 19.1. The molecule has 3 amide bonds. The summed E-state index contributed by atoms with van der Waals surface area (Å²) in [6.45, 7) is 1.83. The van der Waals surface area contributed by atoms with Crippen molar-refractivity contribution in [1.29, 1.82) is 0 Å². The van der Waals surface area contributed by atoms with Crippen LogP contribution in [0.2, 0.25) is 0 Å². The molecule has 148 valence electrons. The van der Waals surface area contributed by atoms with Crippen molar-refractivity contribution >= 4 is 35.4 Å². The molecule has 1 atom stereocenters. The molecule has 2 aliphatic heterocycles. The number of aliphatic imine (C=N–C) groups is 3. The van der Waals surface area contributed by atoms with Crippen LogP contribution in [0.4, 0.5) is 9.18 Å². The third-order valence-corrected chi connectivity index (χ3v) is 4.44. The Morgan fingerprint density at radius 1 is 1.31 bits per heavy atom. The molecule has 8 nitrogen and oxygen atoms in total. The Morgan fingerprint density at radius 2 is 2.14 bits per heavy atom. The molecule has 0 aromatic heterocycles. The molecule has 2 heterocycles. The van der Waals surface area contributed by atoms with Crippen molar-refractivity contribution in [2.75, 3.05) is 0 Å². The normalized spacial score (nSPS) is 23.3. The summed E-state index contributed by atoms with van der Waals surface area (Å²) in [5, 5.41) is 7.89. The molecule has 0 spiro atoms. The van der Waals surface area contributed by atoms with Gasteiger partial charge < -0.3 is 10.6 Å². The zero-order valence-corrected chi connectivity index (χ0v) is 15.6. The zero-order valence-electron chi connectivity index (χ0n) is 15.6. The molecule has 1 saturated carbocycles. The second-order valence-electron chi connectivity index (χ2n) is 6.77. The molecule has 3 N–H and O–H groups in total. The van der Waals surface area contributed by atoms with Crippen molar-refractivity contribution in [2.24, 2.45) is 15.0 Å². The number of benzene rings is 1. The monoisotopic (exact) mass is 394 g/mol. The Morgan fingerprint density at radius 3 is 2.79 bits per heavy atom. The lowest BCUT2D eigenvalue weighted by Gasteiger charge is -2.13. The van der Waals surface area contributed by atoms with Gasteiger partial charge in [0.05, 0.1) is 11.4 Å². The van der Waals surface area contributed by atoms with Gasteiger partial charge in [0.1, 0.15) is 17.3 Å². The van der Waals surface area contributed by atoms with E-state index in [0.717, 1.165) is 12.8 Å². The van der Waals surface area contributed by atoms with Crippen LogP contribution in [0, 0.1) is 5.82 Å². The first kappa shape index (κ1) is 18.7. The fourth-order valence-corrected chi connectivity index (χ4v) is 2.87. The van der Waals surface area contributed by atoms with Gasteiger partial charge >= 0.3 is 6.03 Å². The smallest absolute Gasteiger partial charge is 0.326 e. The van der Waals surface area contributed by atoms with Crippen LogP contribution in [-0.2, 0) is 4.79 Å².